The maximum Gasteiger partial charge on any atom is 0.236 e. The van der Waals surface area contributed by atoms with Crippen LogP contribution >= 0.6 is 0 Å². The van der Waals surface area contributed by atoms with E-state index < -0.39 is 17.7 Å². The van der Waals surface area contributed by atoms with E-state index in [0.717, 1.165) is 6.07 Å². The molecule has 1 heterocycles. The zero-order chi connectivity index (χ0) is 12.4. The lowest BCUT2D eigenvalue weighted by atomic mass is 9.93. The number of nitrogens with two attached hydrogens (primary N) is 1. The molecular weight excluding hydrogens is 226 g/mol. The van der Waals surface area contributed by atoms with Crippen LogP contribution in [0.15, 0.2) is 18.2 Å². The van der Waals surface area contributed by atoms with Crippen molar-refractivity contribution in [2.24, 2.45) is 5.73 Å². The summed E-state index contributed by atoms with van der Waals surface area (Å²) in [5.74, 6) is -2.14. The molecule has 0 spiro atoms. The summed E-state index contributed by atoms with van der Waals surface area (Å²) < 4.78 is 26.7. The van der Waals surface area contributed by atoms with Crippen LogP contribution in [0, 0.1) is 11.6 Å². The summed E-state index contributed by atoms with van der Waals surface area (Å²) in [4.78, 5) is 11.3. The highest BCUT2D eigenvalue weighted by molar-refractivity contribution is 5.81. The molecule has 1 aliphatic rings. The van der Waals surface area contributed by atoms with Gasteiger partial charge in [0.15, 0.2) is 11.6 Å². The molecule has 0 aliphatic carbocycles. The lowest BCUT2D eigenvalue weighted by Gasteiger charge is -2.15. The van der Waals surface area contributed by atoms with Gasteiger partial charge in [0.2, 0.25) is 5.91 Å². The number of hydrogen-bond acceptors (Lipinski definition) is 2. The number of rotatable bonds is 1. The van der Waals surface area contributed by atoms with Crippen molar-refractivity contribution in [1.82, 2.24) is 5.32 Å². The first-order valence-corrected chi connectivity index (χ1v) is 5.57. The molecule has 1 aromatic rings. The first kappa shape index (κ1) is 12.0. The van der Waals surface area contributed by atoms with Gasteiger partial charge in [0.1, 0.15) is 0 Å². The Hall–Kier alpha value is -1.49. The third kappa shape index (κ3) is 2.44. The largest absolute Gasteiger partial charge is 0.354 e. The van der Waals surface area contributed by atoms with Crippen molar-refractivity contribution in [1.29, 1.82) is 0 Å². The summed E-state index contributed by atoms with van der Waals surface area (Å²) in [5.41, 5.74) is 5.91. The summed E-state index contributed by atoms with van der Waals surface area (Å²) in [6.45, 7) is 0.299. The Morgan fingerprint density at radius 3 is 2.82 bits per heavy atom. The molecule has 1 saturated heterocycles. The fourth-order valence-electron chi connectivity index (χ4n) is 2.07. The van der Waals surface area contributed by atoms with E-state index in [2.05, 4.69) is 5.32 Å². The minimum Gasteiger partial charge on any atom is -0.354 e. The Morgan fingerprint density at radius 1 is 1.29 bits per heavy atom. The Kier molecular flexibility index (Phi) is 3.38. The predicted molar refractivity (Wildman–Crippen MR) is 59.3 cm³/mol. The molecule has 92 valence electrons. The van der Waals surface area contributed by atoms with Crippen molar-refractivity contribution in [2.75, 3.05) is 6.54 Å². The Labute approximate surface area is 98.0 Å². The monoisotopic (exact) mass is 240 g/mol. The first-order valence-electron chi connectivity index (χ1n) is 5.57. The van der Waals surface area contributed by atoms with E-state index in [1.165, 1.54) is 6.07 Å². The number of carbonyl (C=O) groups excluding carboxylic acids is 1. The van der Waals surface area contributed by atoms with Crippen LogP contribution in [-0.2, 0) is 4.79 Å². The summed E-state index contributed by atoms with van der Waals surface area (Å²) in [6, 6.07) is 3.54. The highest BCUT2D eigenvalue weighted by Crippen LogP contribution is 2.26. The molecule has 17 heavy (non-hydrogen) atoms. The number of carbonyl (C=O) groups is 1. The van der Waals surface area contributed by atoms with Crippen LogP contribution < -0.4 is 11.1 Å². The molecule has 2 atom stereocenters. The van der Waals surface area contributed by atoms with Crippen molar-refractivity contribution >= 4 is 5.91 Å². The van der Waals surface area contributed by atoms with Gasteiger partial charge in [0.25, 0.3) is 0 Å². The molecule has 0 bridgehead atoms. The average Bonchev–Trinajstić information content (AvgIpc) is 2.47. The number of amides is 1. The van der Waals surface area contributed by atoms with Crippen LogP contribution in [0.3, 0.4) is 0 Å². The topological polar surface area (TPSA) is 55.1 Å². The minimum absolute atomic E-state index is 0.219. The highest BCUT2D eigenvalue weighted by atomic mass is 19.2. The molecule has 1 amide bonds. The Bertz CT molecular complexity index is 437. The van der Waals surface area contributed by atoms with Gasteiger partial charge < -0.3 is 11.1 Å². The fourth-order valence-corrected chi connectivity index (χ4v) is 2.07. The maximum atomic E-state index is 13.6. The number of benzene rings is 1. The highest BCUT2D eigenvalue weighted by Gasteiger charge is 2.25. The summed E-state index contributed by atoms with van der Waals surface area (Å²) in [7, 11) is 0. The fraction of sp³-hybridized carbons (Fsp3) is 0.417. The van der Waals surface area contributed by atoms with E-state index in [1.807, 2.05) is 0 Å². The zero-order valence-corrected chi connectivity index (χ0v) is 9.25. The van der Waals surface area contributed by atoms with Crippen LogP contribution in [0.4, 0.5) is 8.78 Å². The third-order valence-electron chi connectivity index (χ3n) is 3.11. The van der Waals surface area contributed by atoms with E-state index in [1.54, 1.807) is 6.07 Å². The SMILES string of the molecule is N[C@@H]1CC[C@@H](c2cccc(F)c2F)CNC1=O. The van der Waals surface area contributed by atoms with Crippen LogP contribution in [0.2, 0.25) is 0 Å². The smallest absolute Gasteiger partial charge is 0.236 e. The molecule has 0 saturated carbocycles. The number of hydrogen-bond donors (Lipinski definition) is 2. The molecule has 1 aromatic carbocycles. The van der Waals surface area contributed by atoms with Gasteiger partial charge in [0, 0.05) is 12.5 Å². The maximum absolute atomic E-state index is 13.6. The quantitative estimate of drug-likeness (QED) is 0.777. The van der Waals surface area contributed by atoms with Crippen molar-refractivity contribution in [3.05, 3.63) is 35.4 Å². The van der Waals surface area contributed by atoms with Crippen molar-refractivity contribution in [3.63, 3.8) is 0 Å². The molecule has 0 radical (unpaired) electrons. The van der Waals surface area contributed by atoms with Gasteiger partial charge in [-0.3, -0.25) is 4.79 Å². The summed E-state index contributed by atoms with van der Waals surface area (Å²) in [6.07, 6.45) is 1.05. The molecule has 3 nitrogen and oxygen atoms in total. The van der Waals surface area contributed by atoms with Crippen molar-refractivity contribution < 1.29 is 13.6 Å². The summed E-state index contributed by atoms with van der Waals surface area (Å²) >= 11 is 0. The predicted octanol–water partition coefficient (Wildman–Crippen LogP) is 1.29. The van der Waals surface area contributed by atoms with E-state index >= 15 is 0 Å². The van der Waals surface area contributed by atoms with Gasteiger partial charge in [-0.2, -0.15) is 0 Å². The standard InChI is InChI=1S/C12H14F2N2O/c13-9-3-1-2-8(11(9)14)7-4-5-10(15)12(17)16-6-7/h1-3,7,10H,4-6,15H2,(H,16,17)/t7-,10-/m1/s1. The minimum atomic E-state index is -0.859. The van der Waals surface area contributed by atoms with E-state index in [9.17, 15) is 13.6 Å². The zero-order valence-electron chi connectivity index (χ0n) is 9.25. The van der Waals surface area contributed by atoms with Gasteiger partial charge >= 0.3 is 0 Å². The molecule has 1 fully saturated rings. The Morgan fingerprint density at radius 2 is 2.06 bits per heavy atom. The molecule has 0 aromatic heterocycles. The normalized spacial score (nSPS) is 25.2. The average molecular weight is 240 g/mol. The lowest BCUT2D eigenvalue weighted by molar-refractivity contribution is -0.122. The molecule has 5 heteroatoms. The number of halogens is 2. The second-order valence-corrected chi connectivity index (χ2v) is 4.27. The van der Waals surface area contributed by atoms with Gasteiger partial charge in [0.05, 0.1) is 6.04 Å². The van der Waals surface area contributed by atoms with Crippen LogP contribution in [0.1, 0.15) is 24.3 Å². The van der Waals surface area contributed by atoms with Crippen molar-refractivity contribution in [3.8, 4) is 0 Å². The van der Waals surface area contributed by atoms with Crippen LogP contribution in [-0.4, -0.2) is 18.5 Å². The molecule has 2 rings (SSSR count). The van der Waals surface area contributed by atoms with Gasteiger partial charge in [-0.1, -0.05) is 12.1 Å². The second kappa shape index (κ2) is 4.79. The van der Waals surface area contributed by atoms with Gasteiger partial charge in [-0.15, -0.1) is 0 Å². The van der Waals surface area contributed by atoms with Crippen molar-refractivity contribution in [2.45, 2.75) is 24.8 Å². The Balaban J connectivity index is 2.22. The molecule has 0 unspecified atom stereocenters. The van der Waals surface area contributed by atoms with E-state index in [-0.39, 0.29) is 11.8 Å². The molecular formula is C12H14F2N2O. The lowest BCUT2D eigenvalue weighted by Crippen LogP contribution is -2.38. The first-order chi connectivity index (χ1) is 8.09. The van der Waals surface area contributed by atoms with Gasteiger partial charge in [-0.25, -0.2) is 8.78 Å². The summed E-state index contributed by atoms with van der Waals surface area (Å²) in [5, 5.41) is 2.64. The van der Waals surface area contributed by atoms with Crippen LogP contribution in [0.5, 0.6) is 0 Å². The third-order valence-corrected chi connectivity index (χ3v) is 3.11. The second-order valence-electron chi connectivity index (χ2n) is 4.27. The molecule has 1 aliphatic heterocycles. The van der Waals surface area contributed by atoms with Gasteiger partial charge in [-0.05, 0) is 24.5 Å². The van der Waals surface area contributed by atoms with E-state index in [4.69, 9.17) is 5.73 Å². The van der Waals surface area contributed by atoms with Crippen LogP contribution in [0.25, 0.3) is 0 Å². The number of nitrogens with one attached hydrogen (secondary N) is 1. The van der Waals surface area contributed by atoms with E-state index in [0.29, 0.717) is 24.9 Å². The molecule has 3 N–H and O–H groups in total.